The smallest absolute Gasteiger partial charge is 0.247 e. The highest BCUT2D eigenvalue weighted by Crippen LogP contribution is 2.31. The average molecular weight is 348 g/mol. The van der Waals surface area contributed by atoms with Crippen LogP contribution in [-0.2, 0) is 14.0 Å². The summed E-state index contributed by atoms with van der Waals surface area (Å²) in [6.07, 6.45) is 4.55. The second-order valence-electron chi connectivity index (χ2n) is 7.15. The minimum Gasteiger partial charge on any atom is -0.412 e. The van der Waals surface area contributed by atoms with Crippen molar-refractivity contribution in [1.29, 1.82) is 0 Å². The second kappa shape index (κ2) is 8.10. The molecule has 0 fully saturated rings. The Morgan fingerprint density at radius 3 is 2.42 bits per heavy atom. The summed E-state index contributed by atoms with van der Waals surface area (Å²) in [6, 6.07) is 9.92. The van der Waals surface area contributed by atoms with Gasteiger partial charge in [0.05, 0.1) is 24.8 Å². The van der Waals surface area contributed by atoms with E-state index in [1.807, 2.05) is 41.3 Å². The summed E-state index contributed by atoms with van der Waals surface area (Å²) in [5.41, 5.74) is 1.09. The fourth-order valence-electron chi connectivity index (χ4n) is 3.19. The van der Waals surface area contributed by atoms with Crippen molar-refractivity contribution in [3.63, 3.8) is 0 Å². The van der Waals surface area contributed by atoms with E-state index in [9.17, 15) is 4.79 Å². The zero-order chi connectivity index (χ0) is 17.7. The molecule has 0 radical (unpaired) electrons. The lowest BCUT2D eigenvalue weighted by atomic mass is 10.0. The van der Waals surface area contributed by atoms with Crippen LogP contribution in [0.1, 0.15) is 24.9 Å². The van der Waals surface area contributed by atoms with Gasteiger partial charge in [-0.15, -0.1) is 0 Å². The van der Waals surface area contributed by atoms with E-state index in [-0.39, 0.29) is 24.1 Å². The molecule has 0 saturated heterocycles. The Bertz CT molecular complexity index is 568. The summed E-state index contributed by atoms with van der Waals surface area (Å²) in [7, 11) is -0.0207. The Morgan fingerprint density at radius 2 is 1.88 bits per heavy atom. The van der Waals surface area contributed by atoms with Crippen molar-refractivity contribution in [2.75, 3.05) is 13.7 Å². The Kier molecular flexibility index (Phi) is 6.38. The van der Waals surface area contributed by atoms with Crippen molar-refractivity contribution in [2.45, 2.75) is 51.2 Å². The third-order valence-electron chi connectivity index (χ3n) is 4.14. The SMILES string of the molecule is CC[C@@H](O[Si](C)(C)C)[C@H]1C=CC(=O)N1[C@@H](COC)c1ccccc1. The number of rotatable bonds is 8. The lowest BCUT2D eigenvalue weighted by Crippen LogP contribution is -2.48. The maximum Gasteiger partial charge on any atom is 0.247 e. The molecule has 2 rings (SSSR count). The third kappa shape index (κ3) is 4.56. The predicted octanol–water partition coefficient (Wildman–Crippen LogP) is 3.77. The quantitative estimate of drug-likeness (QED) is 0.672. The van der Waals surface area contributed by atoms with Gasteiger partial charge in [0.25, 0.3) is 0 Å². The summed E-state index contributed by atoms with van der Waals surface area (Å²) in [5.74, 6) is 0.0310. The summed E-state index contributed by atoms with van der Waals surface area (Å²) in [6.45, 7) is 9.14. The Balaban J connectivity index is 2.31. The van der Waals surface area contributed by atoms with Gasteiger partial charge in [-0.1, -0.05) is 43.3 Å². The molecule has 1 aliphatic rings. The number of benzene rings is 1. The summed E-state index contributed by atoms with van der Waals surface area (Å²) in [4.78, 5) is 14.5. The normalized spacial score (nSPS) is 20.5. The van der Waals surface area contributed by atoms with Crippen molar-refractivity contribution in [3.8, 4) is 0 Å². The van der Waals surface area contributed by atoms with E-state index < -0.39 is 8.32 Å². The minimum absolute atomic E-state index is 0.0161. The van der Waals surface area contributed by atoms with Crippen LogP contribution in [0.25, 0.3) is 0 Å². The molecular formula is C19H29NO3Si. The Hall–Kier alpha value is -1.43. The molecule has 132 valence electrons. The molecule has 3 atom stereocenters. The fourth-order valence-corrected chi connectivity index (χ4v) is 4.40. The van der Waals surface area contributed by atoms with E-state index in [4.69, 9.17) is 9.16 Å². The lowest BCUT2D eigenvalue weighted by molar-refractivity contribution is -0.132. The van der Waals surface area contributed by atoms with Crippen LogP contribution in [0.3, 0.4) is 0 Å². The number of carbonyl (C=O) groups is 1. The van der Waals surface area contributed by atoms with Crippen molar-refractivity contribution in [1.82, 2.24) is 4.90 Å². The number of amides is 1. The summed E-state index contributed by atoms with van der Waals surface area (Å²) in [5, 5.41) is 0. The molecule has 0 unspecified atom stereocenters. The highest BCUT2D eigenvalue weighted by atomic mass is 28.4. The van der Waals surface area contributed by atoms with Crippen molar-refractivity contribution in [2.24, 2.45) is 0 Å². The molecule has 0 saturated carbocycles. The zero-order valence-corrected chi connectivity index (χ0v) is 16.4. The fraction of sp³-hybridized carbons (Fsp3) is 0.526. The van der Waals surface area contributed by atoms with Gasteiger partial charge in [-0.25, -0.2) is 0 Å². The molecule has 0 N–H and O–H groups in total. The first-order chi connectivity index (χ1) is 11.4. The van der Waals surface area contributed by atoms with E-state index in [1.54, 1.807) is 13.2 Å². The molecular weight excluding hydrogens is 318 g/mol. The maximum absolute atomic E-state index is 12.6. The van der Waals surface area contributed by atoms with Crippen LogP contribution in [0.4, 0.5) is 0 Å². The first kappa shape index (κ1) is 18.9. The van der Waals surface area contributed by atoms with Gasteiger partial charge in [-0.2, -0.15) is 0 Å². The van der Waals surface area contributed by atoms with Crippen molar-refractivity contribution >= 4 is 14.2 Å². The standard InChI is InChI=1S/C19H29NO3Si/c1-6-18(23-24(3,4)5)16-12-13-19(21)20(16)17(14-22-2)15-10-8-7-9-11-15/h7-13,16-18H,6,14H2,1-5H3/t16-,17+,18-/m1/s1. The number of nitrogens with zero attached hydrogens (tertiary/aromatic N) is 1. The molecule has 1 aliphatic heterocycles. The van der Waals surface area contributed by atoms with Crippen LogP contribution in [0, 0.1) is 0 Å². The maximum atomic E-state index is 12.6. The average Bonchev–Trinajstić information content (AvgIpc) is 2.92. The molecule has 4 nitrogen and oxygen atoms in total. The highest BCUT2D eigenvalue weighted by Gasteiger charge is 2.39. The number of ether oxygens (including phenoxy) is 1. The highest BCUT2D eigenvalue weighted by molar-refractivity contribution is 6.69. The van der Waals surface area contributed by atoms with E-state index in [2.05, 4.69) is 26.6 Å². The van der Waals surface area contributed by atoms with Crippen LogP contribution < -0.4 is 0 Å². The van der Waals surface area contributed by atoms with Gasteiger partial charge in [0.15, 0.2) is 8.32 Å². The molecule has 0 spiro atoms. The van der Waals surface area contributed by atoms with Gasteiger partial charge in [0.2, 0.25) is 5.91 Å². The Morgan fingerprint density at radius 1 is 1.21 bits per heavy atom. The van der Waals surface area contributed by atoms with Gasteiger partial charge < -0.3 is 14.1 Å². The molecule has 1 heterocycles. The van der Waals surface area contributed by atoms with Gasteiger partial charge in [-0.05, 0) is 31.6 Å². The van der Waals surface area contributed by atoms with E-state index >= 15 is 0 Å². The molecule has 1 amide bonds. The molecule has 0 bridgehead atoms. The first-order valence-corrected chi connectivity index (χ1v) is 12.0. The molecule has 0 aromatic heterocycles. The van der Waals surface area contributed by atoms with Gasteiger partial charge in [0.1, 0.15) is 0 Å². The largest absolute Gasteiger partial charge is 0.412 e. The summed E-state index contributed by atoms with van der Waals surface area (Å²) < 4.78 is 11.8. The van der Waals surface area contributed by atoms with Crippen LogP contribution in [0.5, 0.6) is 0 Å². The topological polar surface area (TPSA) is 38.8 Å². The molecule has 5 heteroatoms. The van der Waals surface area contributed by atoms with Crippen LogP contribution >= 0.6 is 0 Å². The van der Waals surface area contributed by atoms with Crippen LogP contribution in [0.2, 0.25) is 19.6 Å². The number of carbonyl (C=O) groups excluding carboxylic acids is 1. The minimum atomic E-state index is -1.70. The zero-order valence-electron chi connectivity index (χ0n) is 15.4. The predicted molar refractivity (Wildman–Crippen MR) is 99.3 cm³/mol. The number of methoxy groups -OCH3 is 1. The van der Waals surface area contributed by atoms with Crippen LogP contribution in [-0.4, -0.2) is 45.0 Å². The lowest BCUT2D eigenvalue weighted by Gasteiger charge is -2.39. The first-order valence-electron chi connectivity index (χ1n) is 8.59. The van der Waals surface area contributed by atoms with E-state index in [0.29, 0.717) is 6.61 Å². The number of hydrogen-bond acceptors (Lipinski definition) is 3. The molecule has 1 aromatic carbocycles. The van der Waals surface area contributed by atoms with Gasteiger partial charge >= 0.3 is 0 Å². The van der Waals surface area contributed by atoms with E-state index in [0.717, 1.165) is 12.0 Å². The monoisotopic (exact) mass is 347 g/mol. The second-order valence-corrected chi connectivity index (χ2v) is 11.6. The van der Waals surface area contributed by atoms with Crippen molar-refractivity contribution < 1.29 is 14.0 Å². The third-order valence-corrected chi connectivity index (χ3v) is 5.15. The summed E-state index contributed by atoms with van der Waals surface area (Å²) >= 11 is 0. The molecule has 1 aromatic rings. The van der Waals surface area contributed by atoms with Gasteiger partial charge in [0, 0.05) is 13.2 Å². The van der Waals surface area contributed by atoms with E-state index in [1.165, 1.54) is 0 Å². The van der Waals surface area contributed by atoms with Crippen LogP contribution in [0.15, 0.2) is 42.5 Å². The number of hydrogen-bond donors (Lipinski definition) is 0. The Labute approximate surface area is 146 Å². The van der Waals surface area contributed by atoms with Gasteiger partial charge in [-0.3, -0.25) is 4.79 Å². The molecule has 0 aliphatic carbocycles. The van der Waals surface area contributed by atoms with Crippen molar-refractivity contribution in [3.05, 3.63) is 48.0 Å². The molecule has 24 heavy (non-hydrogen) atoms.